The molecule has 2 fully saturated rings. The lowest BCUT2D eigenvalue weighted by atomic mass is 10.2. The van der Waals surface area contributed by atoms with Crippen molar-refractivity contribution in [2.45, 2.75) is 90.5 Å². The van der Waals surface area contributed by atoms with Crippen LogP contribution in [0, 0.1) is 0 Å². The molecule has 10 heteroatoms. The molecule has 0 saturated carbocycles. The lowest BCUT2D eigenvalue weighted by Gasteiger charge is -2.28. The first-order chi connectivity index (χ1) is 15.9. The van der Waals surface area contributed by atoms with Crippen LogP contribution < -0.4 is 9.47 Å². The average Bonchev–Trinajstić information content (AvgIpc) is 3.38. The Kier molecular flexibility index (Phi) is 8.09. The second-order valence-electron chi connectivity index (χ2n) is 10.7. The minimum Gasteiger partial charge on any atom is -0.475 e. The summed E-state index contributed by atoms with van der Waals surface area (Å²) in [5.41, 5.74) is -1.08. The Bertz CT molecular complexity index is 785. The second-order valence-corrected chi connectivity index (χ2v) is 10.7. The van der Waals surface area contributed by atoms with Gasteiger partial charge >= 0.3 is 18.2 Å². The zero-order chi connectivity index (χ0) is 24.9. The number of hydrogen-bond acceptors (Lipinski definition) is 8. The zero-order valence-corrected chi connectivity index (χ0v) is 21.2. The summed E-state index contributed by atoms with van der Waals surface area (Å²) in [7, 11) is 0. The van der Waals surface area contributed by atoms with Crippen molar-refractivity contribution in [3.8, 4) is 11.9 Å². The Balaban J connectivity index is 1.51. The fourth-order valence-electron chi connectivity index (χ4n) is 3.97. The van der Waals surface area contributed by atoms with Gasteiger partial charge in [-0.25, -0.2) is 14.6 Å². The van der Waals surface area contributed by atoms with Crippen molar-refractivity contribution >= 4 is 12.2 Å². The molecule has 190 valence electrons. The number of nitrogens with zero attached hydrogens (tertiary/aromatic N) is 4. The van der Waals surface area contributed by atoms with E-state index < -0.39 is 11.2 Å². The summed E-state index contributed by atoms with van der Waals surface area (Å²) in [5.74, 6) is 0.372. The van der Waals surface area contributed by atoms with E-state index in [4.69, 9.17) is 18.9 Å². The molecule has 0 N–H and O–H groups in total. The number of rotatable bonds is 6. The van der Waals surface area contributed by atoms with Gasteiger partial charge in [-0.15, -0.1) is 0 Å². The number of carbonyl (C=O) groups excluding carboxylic acids is 2. The SMILES string of the molecule is CC(C)(C)OC(=O)N1CCC[C@H]1COc1ccnc(OC[C@@H]2CCCN2C(=O)OC(C)(C)C)n1. The van der Waals surface area contributed by atoms with Crippen LogP contribution in [0.15, 0.2) is 12.3 Å². The van der Waals surface area contributed by atoms with Crippen LogP contribution in [-0.2, 0) is 9.47 Å². The molecule has 2 aliphatic heterocycles. The van der Waals surface area contributed by atoms with Crippen molar-refractivity contribution in [1.82, 2.24) is 19.8 Å². The van der Waals surface area contributed by atoms with Crippen molar-refractivity contribution < 1.29 is 28.5 Å². The van der Waals surface area contributed by atoms with E-state index in [1.807, 2.05) is 41.5 Å². The van der Waals surface area contributed by atoms with E-state index in [9.17, 15) is 9.59 Å². The Labute approximate surface area is 201 Å². The topological polar surface area (TPSA) is 103 Å². The van der Waals surface area contributed by atoms with Gasteiger partial charge < -0.3 is 28.7 Å². The number of carbonyl (C=O) groups is 2. The minimum atomic E-state index is -0.543. The number of aromatic nitrogens is 2. The molecule has 34 heavy (non-hydrogen) atoms. The molecule has 3 rings (SSSR count). The van der Waals surface area contributed by atoms with E-state index in [1.165, 1.54) is 0 Å². The lowest BCUT2D eigenvalue weighted by Crippen LogP contribution is -2.42. The number of hydrogen-bond donors (Lipinski definition) is 0. The molecular formula is C24H38N4O6. The highest BCUT2D eigenvalue weighted by Crippen LogP contribution is 2.23. The van der Waals surface area contributed by atoms with Crippen LogP contribution in [-0.4, -0.2) is 81.5 Å². The van der Waals surface area contributed by atoms with E-state index in [-0.39, 0.29) is 36.9 Å². The first kappa shape index (κ1) is 25.8. The highest BCUT2D eigenvalue weighted by atomic mass is 16.6. The summed E-state index contributed by atoms with van der Waals surface area (Å²) in [6, 6.07) is 1.67. The Morgan fingerprint density at radius 1 is 0.882 bits per heavy atom. The van der Waals surface area contributed by atoms with Gasteiger partial charge in [0, 0.05) is 25.4 Å². The molecule has 0 aliphatic carbocycles. The molecule has 0 bridgehead atoms. The zero-order valence-electron chi connectivity index (χ0n) is 21.2. The predicted octanol–water partition coefficient (Wildman–Crippen LogP) is 4.03. The van der Waals surface area contributed by atoms with Crippen molar-refractivity contribution in [2.24, 2.45) is 0 Å². The minimum absolute atomic E-state index is 0.0740. The summed E-state index contributed by atoms with van der Waals surface area (Å²) >= 11 is 0. The van der Waals surface area contributed by atoms with Crippen LogP contribution in [0.25, 0.3) is 0 Å². The van der Waals surface area contributed by atoms with E-state index in [0.29, 0.717) is 25.6 Å². The third-order valence-electron chi connectivity index (χ3n) is 5.45. The Hall–Kier alpha value is -2.78. The molecule has 0 unspecified atom stereocenters. The van der Waals surface area contributed by atoms with Gasteiger partial charge in [-0.1, -0.05) is 0 Å². The third kappa shape index (κ3) is 7.63. The summed E-state index contributed by atoms with van der Waals surface area (Å²) < 4.78 is 22.7. The molecule has 2 amide bonds. The molecule has 2 saturated heterocycles. The molecule has 10 nitrogen and oxygen atoms in total. The first-order valence-corrected chi connectivity index (χ1v) is 12.0. The van der Waals surface area contributed by atoms with Crippen LogP contribution in [0.4, 0.5) is 9.59 Å². The van der Waals surface area contributed by atoms with E-state index in [0.717, 1.165) is 25.7 Å². The van der Waals surface area contributed by atoms with Gasteiger partial charge in [0.15, 0.2) is 0 Å². The third-order valence-corrected chi connectivity index (χ3v) is 5.45. The van der Waals surface area contributed by atoms with Crippen LogP contribution in [0.5, 0.6) is 11.9 Å². The standard InChI is InChI=1S/C24H38N4O6/c1-23(2,3)33-21(29)27-13-7-9-17(27)15-31-19-11-12-25-20(26-19)32-16-18-10-8-14-28(18)22(30)34-24(4,5)6/h11-12,17-18H,7-10,13-16H2,1-6H3/t17-,18-/m0/s1. The van der Waals surface area contributed by atoms with Gasteiger partial charge in [-0.2, -0.15) is 4.98 Å². The fourth-order valence-corrected chi connectivity index (χ4v) is 3.97. The van der Waals surface area contributed by atoms with Gasteiger partial charge in [-0.3, -0.25) is 0 Å². The molecule has 0 aromatic carbocycles. The van der Waals surface area contributed by atoms with Crippen molar-refractivity contribution in [3.63, 3.8) is 0 Å². The van der Waals surface area contributed by atoms with E-state index in [2.05, 4.69) is 9.97 Å². The van der Waals surface area contributed by atoms with Crippen LogP contribution >= 0.6 is 0 Å². The molecule has 1 aromatic rings. The average molecular weight is 479 g/mol. The van der Waals surface area contributed by atoms with Gasteiger partial charge in [0.2, 0.25) is 5.88 Å². The molecule has 2 atom stereocenters. The molecule has 0 spiro atoms. The maximum atomic E-state index is 12.5. The van der Waals surface area contributed by atoms with Gasteiger partial charge in [0.25, 0.3) is 0 Å². The molecule has 0 radical (unpaired) electrons. The van der Waals surface area contributed by atoms with Gasteiger partial charge in [-0.05, 0) is 67.2 Å². The summed E-state index contributed by atoms with van der Waals surface area (Å²) in [4.78, 5) is 36.8. The van der Waals surface area contributed by atoms with E-state index >= 15 is 0 Å². The maximum absolute atomic E-state index is 12.5. The Morgan fingerprint density at radius 2 is 1.38 bits per heavy atom. The number of ether oxygens (including phenoxy) is 4. The second kappa shape index (κ2) is 10.7. The Morgan fingerprint density at radius 3 is 1.88 bits per heavy atom. The fraction of sp³-hybridized carbons (Fsp3) is 0.750. The molecular weight excluding hydrogens is 440 g/mol. The smallest absolute Gasteiger partial charge is 0.410 e. The largest absolute Gasteiger partial charge is 0.475 e. The quantitative estimate of drug-likeness (QED) is 0.604. The molecule has 3 heterocycles. The normalized spacial score (nSPS) is 20.9. The van der Waals surface area contributed by atoms with Crippen molar-refractivity contribution in [1.29, 1.82) is 0 Å². The predicted molar refractivity (Wildman–Crippen MR) is 125 cm³/mol. The van der Waals surface area contributed by atoms with Gasteiger partial charge in [0.1, 0.15) is 24.4 Å². The van der Waals surface area contributed by atoms with Gasteiger partial charge in [0.05, 0.1) is 12.1 Å². The highest BCUT2D eigenvalue weighted by molar-refractivity contribution is 5.69. The van der Waals surface area contributed by atoms with Crippen LogP contribution in [0.3, 0.4) is 0 Å². The first-order valence-electron chi connectivity index (χ1n) is 12.0. The number of amides is 2. The van der Waals surface area contributed by atoms with Crippen LogP contribution in [0.1, 0.15) is 67.2 Å². The van der Waals surface area contributed by atoms with Crippen molar-refractivity contribution in [3.05, 3.63) is 12.3 Å². The maximum Gasteiger partial charge on any atom is 0.410 e. The molecule has 1 aromatic heterocycles. The van der Waals surface area contributed by atoms with E-state index in [1.54, 1.807) is 22.1 Å². The summed E-state index contributed by atoms with van der Waals surface area (Å²) in [5, 5.41) is 0. The monoisotopic (exact) mass is 478 g/mol. The van der Waals surface area contributed by atoms with Crippen LogP contribution in [0.2, 0.25) is 0 Å². The lowest BCUT2D eigenvalue weighted by molar-refractivity contribution is 0.0179. The number of likely N-dealkylation sites (tertiary alicyclic amines) is 2. The molecule has 2 aliphatic rings. The van der Waals surface area contributed by atoms with Crippen molar-refractivity contribution in [2.75, 3.05) is 26.3 Å². The highest BCUT2D eigenvalue weighted by Gasteiger charge is 2.34. The summed E-state index contributed by atoms with van der Waals surface area (Å²) in [6.07, 6.45) is 4.39. The summed E-state index contributed by atoms with van der Waals surface area (Å²) in [6.45, 7) is 13.0.